The van der Waals surface area contributed by atoms with E-state index in [9.17, 15) is 18.0 Å². The molecular weight excluding hydrogens is 436 g/mol. The van der Waals surface area contributed by atoms with Crippen LogP contribution >= 0.6 is 23.1 Å². The van der Waals surface area contributed by atoms with Gasteiger partial charge in [-0.1, -0.05) is 23.1 Å². The number of methoxy groups -OCH3 is 1. The van der Waals surface area contributed by atoms with Crippen molar-refractivity contribution >= 4 is 55.8 Å². The fourth-order valence-corrected chi connectivity index (χ4v) is 5.85. The third-order valence-electron chi connectivity index (χ3n) is 4.62. The molecule has 1 N–H and O–H groups in total. The van der Waals surface area contributed by atoms with Gasteiger partial charge in [0.2, 0.25) is 11.0 Å². The van der Waals surface area contributed by atoms with Gasteiger partial charge in [-0.05, 0) is 43.0 Å². The molecule has 1 fully saturated rings. The Labute approximate surface area is 175 Å². The van der Waals surface area contributed by atoms with Crippen LogP contribution in [-0.4, -0.2) is 49.9 Å². The number of anilines is 2. The fraction of sp³-hybridized carbons (Fsp3) is 0.412. The molecule has 1 aromatic heterocycles. The summed E-state index contributed by atoms with van der Waals surface area (Å²) in [6.45, 7) is 0.582. The van der Waals surface area contributed by atoms with Crippen LogP contribution in [0.2, 0.25) is 0 Å². The van der Waals surface area contributed by atoms with Crippen LogP contribution in [0.3, 0.4) is 0 Å². The summed E-state index contributed by atoms with van der Waals surface area (Å²) in [4.78, 5) is 25.4. The zero-order chi connectivity index (χ0) is 20.6. The zero-order valence-corrected chi connectivity index (χ0v) is 17.9. The molecule has 2 heterocycles. The van der Waals surface area contributed by atoms with Crippen molar-refractivity contribution in [3.8, 4) is 0 Å². The summed E-state index contributed by atoms with van der Waals surface area (Å²) in [7, 11) is -2.55. The average molecular weight is 455 g/mol. The fourth-order valence-electron chi connectivity index (χ4n) is 2.99. The van der Waals surface area contributed by atoms with Gasteiger partial charge in [0.15, 0.2) is 4.34 Å². The first-order chi connectivity index (χ1) is 13.9. The van der Waals surface area contributed by atoms with Crippen LogP contribution in [-0.2, 0) is 30.8 Å². The Kier molecular flexibility index (Phi) is 5.49. The number of thioether (sulfide) groups is 1. The first kappa shape index (κ1) is 20.1. The molecule has 0 radical (unpaired) electrons. The van der Waals surface area contributed by atoms with Crippen LogP contribution in [0, 0.1) is 5.92 Å². The zero-order valence-electron chi connectivity index (χ0n) is 15.5. The highest BCUT2D eigenvalue weighted by Crippen LogP contribution is 2.37. The van der Waals surface area contributed by atoms with E-state index in [1.54, 1.807) is 17.0 Å². The highest BCUT2D eigenvalue weighted by atomic mass is 32.2. The highest BCUT2D eigenvalue weighted by Gasteiger charge is 2.36. The van der Waals surface area contributed by atoms with Gasteiger partial charge < -0.3 is 9.64 Å². The number of sulfonamides is 1. The summed E-state index contributed by atoms with van der Waals surface area (Å²) in [5.74, 6) is -0.0867. The maximum absolute atomic E-state index is 12.7. The van der Waals surface area contributed by atoms with E-state index in [0.29, 0.717) is 17.3 Å². The number of hydrogen-bond donors (Lipinski definition) is 1. The van der Waals surface area contributed by atoms with Crippen molar-refractivity contribution < 1.29 is 22.7 Å². The van der Waals surface area contributed by atoms with E-state index in [1.807, 2.05) is 0 Å². The van der Waals surface area contributed by atoms with Gasteiger partial charge >= 0.3 is 5.97 Å². The topological polar surface area (TPSA) is 119 Å². The predicted molar refractivity (Wildman–Crippen MR) is 109 cm³/mol. The van der Waals surface area contributed by atoms with E-state index < -0.39 is 16.0 Å². The normalized spacial score (nSPS) is 15.8. The maximum Gasteiger partial charge on any atom is 0.316 e. The largest absolute Gasteiger partial charge is 0.468 e. The van der Waals surface area contributed by atoms with Crippen LogP contribution in [0.15, 0.2) is 27.4 Å². The van der Waals surface area contributed by atoms with E-state index in [0.717, 1.165) is 47.2 Å². The lowest BCUT2D eigenvalue weighted by atomic mass is 10.2. The van der Waals surface area contributed by atoms with Crippen LogP contribution in [0.25, 0.3) is 0 Å². The highest BCUT2D eigenvalue weighted by molar-refractivity contribution is 8.01. The van der Waals surface area contributed by atoms with Crippen molar-refractivity contribution in [3.05, 3.63) is 23.8 Å². The third-order valence-corrected chi connectivity index (χ3v) is 8.03. The van der Waals surface area contributed by atoms with Crippen molar-refractivity contribution in [1.29, 1.82) is 0 Å². The summed E-state index contributed by atoms with van der Waals surface area (Å²) < 4.78 is 32.9. The molecule has 1 aliphatic carbocycles. The maximum atomic E-state index is 12.7. The Morgan fingerprint density at radius 1 is 1.34 bits per heavy atom. The van der Waals surface area contributed by atoms with Crippen LogP contribution in [0.4, 0.5) is 10.8 Å². The number of fused-ring (bicyclic) bond motifs is 1. The Bertz CT molecular complexity index is 1060. The molecule has 4 rings (SSSR count). The van der Waals surface area contributed by atoms with Crippen LogP contribution in [0.5, 0.6) is 0 Å². The van der Waals surface area contributed by atoms with Crippen LogP contribution in [0.1, 0.15) is 18.4 Å². The quantitative estimate of drug-likeness (QED) is 0.498. The van der Waals surface area contributed by atoms with Gasteiger partial charge in [-0.3, -0.25) is 14.3 Å². The molecule has 0 spiro atoms. The molecular formula is C17H18N4O5S3. The van der Waals surface area contributed by atoms with E-state index in [2.05, 4.69) is 19.7 Å². The summed E-state index contributed by atoms with van der Waals surface area (Å²) >= 11 is 2.16. The van der Waals surface area contributed by atoms with E-state index >= 15 is 0 Å². The van der Waals surface area contributed by atoms with E-state index in [1.165, 1.54) is 13.2 Å². The number of rotatable bonds is 7. The van der Waals surface area contributed by atoms with Gasteiger partial charge in [0.05, 0.1) is 17.8 Å². The molecule has 2 aliphatic rings. The summed E-state index contributed by atoms with van der Waals surface area (Å²) in [5.41, 5.74) is 1.63. The molecule has 2 aromatic rings. The predicted octanol–water partition coefficient (Wildman–Crippen LogP) is 1.90. The number of hydrogen-bond acceptors (Lipinski definition) is 9. The monoisotopic (exact) mass is 454 g/mol. The molecule has 12 heteroatoms. The SMILES string of the molecule is COC(=O)CSc1nnc(NS(=O)(=O)c2ccc3c(c2)CCN3C(=O)C2CC2)s1. The molecule has 0 saturated heterocycles. The number of benzene rings is 1. The number of carbonyl (C=O) groups is 2. The van der Waals surface area contributed by atoms with Gasteiger partial charge in [0.25, 0.3) is 10.0 Å². The molecule has 0 unspecified atom stereocenters. The molecule has 1 amide bonds. The third kappa shape index (κ3) is 4.38. The number of amides is 1. The standard InChI is InChI=1S/C17H18N4O5S3/c1-26-14(22)9-27-17-19-18-16(28-17)20-29(24,25)12-4-5-13-11(8-12)6-7-21(13)15(23)10-2-3-10/h4-5,8,10H,2-3,6-7,9H2,1H3,(H,18,20). The molecule has 0 bridgehead atoms. The number of nitrogens with one attached hydrogen (secondary N) is 1. The smallest absolute Gasteiger partial charge is 0.316 e. The first-order valence-electron chi connectivity index (χ1n) is 8.87. The van der Waals surface area contributed by atoms with Crippen molar-refractivity contribution in [3.63, 3.8) is 0 Å². The van der Waals surface area contributed by atoms with Gasteiger partial charge in [0, 0.05) is 18.2 Å². The van der Waals surface area contributed by atoms with Crippen LogP contribution < -0.4 is 9.62 Å². The van der Waals surface area contributed by atoms with Gasteiger partial charge in [0.1, 0.15) is 0 Å². The molecule has 1 aliphatic heterocycles. The van der Waals surface area contributed by atoms with Crippen molar-refractivity contribution in [2.24, 2.45) is 5.92 Å². The number of nitrogens with zero attached hydrogens (tertiary/aromatic N) is 3. The Morgan fingerprint density at radius 3 is 2.86 bits per heavy atom. The lowest BCUT2D eigenvalue weighted by Crippen LogP contribution is -2.30. The van der Waals surface area contributed by atoms with Crippen molar-refractivity contribution in [2.45, 2.75) is 28.5 Å². The van der Waals surface area contributed by atoms with Crippen molar-refractivity contribution in [1.82, 2.24) is 10.2 Å². The lowest BCUT2D eigenvalue weighted by molar-refractivity contribution is -0.137. The van der Waals surface area contributed by atoms with E-state index in [-0.39, 0.29) is 27.6 Å². The summed E-state index contributed by atoms with van der Waals surface area (Å²) in [6.07, 6.45) is 2.50. The minimum atomic E-state index is -3.85. The molecule has 154 valence electrons. The Hall–Kier alpha value is -2.18. The molecule has 9 nitrogen and oxygen atoms in total. The number of aromatic nitrogens is 2. The molecule has 1 aromatic carbocycles. The minimum Gasteiger partial charge on any atom is -0.468 e. The summed E-state index contributed by atoms with van der Waals surface area (Å²) in [5, 5.41) is 7.79. The average Bonchev–Trinajstić information content (AvgIpc) is 3.33. The summed E-state index contributed by atoms with van der Waals surface area (Å²) in [6, 6.07) is 4.79. The number of esters is 1. The van der Waals surface area contributed by atoms with Gasteiger partial charge in [-0.2, -0.15) is 0 Å². The van der Waals surface area contributed by atoms with Gasteiger partial charge in [-0.15, -0.1) is 10.2 Å². The second-order valence-electron chi connectivity index (χ2n) is 6.65. The molecule has 1 saturated carbocycles. The molecule has 29 heavy (non-hydrogen) atoms. The second-order valence-corrected chi connectivity index (χ2v) is 10.5. The van der Waals surface area contributed by atoms with Gasteiger partial charge in [-0.25, -0.2) is 8.42 Å². The number of carbonyl (C=O) groups excluding carboxylic acids is 2. The lowest BCUT2D eigenvalue weighted by Gasteiger charge is -2.17. The first-order valence-corrected chi connectivity index (χ1v) is 12.2. The Balaban J connectivity index is 1.46. The minimum absolute atomic E-state index is 0.0682. The number of ether oxygens (including phenoxy) is 1. The molecule has 0 atom stereocenters. The Morgan fingerprint density at radius 2 is 2.14 bits per heavy atom. The van der Waals surface area contributed by atoms with E-state index in [4.69, 9.17) is 0 Å². The second kappa shape index (κ2) is 7.92. The van der Waals surface area contributed by atoms with Crippen molar-refractivity contribution in [2.75, 3.05) is 29.0 Å².